The number of halogens is 2. The highest BCUT2D eigenvalue weighted by Gasteiger charge is 2.19. The van der Waals surface area contributed by atoms with Crippen molar-refractivity contribution in [2.45, 2.75) is 13.0 Å². The number of pyridine rings is 1. The first-order valence-corrected chi connectivity index (χ1v) is 5.67. The zero-order valence-corrected chi connectivity index (χ0v) is 10.2. The molecule has 2 aromatic rings. The molecule has 0 aliphatic rings. The van der Waals surface area contributed by atoms with E-state index in [-0.39, 0.29) is 5.56 Å². The van der Waals surface area contributed by atoms with E-state index in [0.717, 1.165) is 17.2 Å². The van der Waals surface area contributed by atoms with Gasteiger partial charge in [-0.3, -0.25) is 4.98 Å². The molecule has 1 heterocycles. The summed E-state index contributed by atoms with van der Waals surface area (Å²) in [5, 5.41) is 3.00. The van der Waals surface area contributed by atoms with Crippen LogP contribution in [0.25, 0.3) is 0 Å². The van der Waals surface area contributed by atoms with Gasteiger partial charge in [0.25, 0.3) is 0 Å². The molecular formula is C14H14F2N2. The third-order valence-electron chi connectivity index (χ3n) is 2.97. The maximum atomic E-state index is 13.8. The van der Waals surface area contributed by atoms with E-state index in [2.05, 4.69) is 10.3 Å². The van der Waals surface area contributed by atoms with Crippen LogP contribution in [-0.4, -0.2) is 12.0 Å². The van der Waals surface area contributed by atoms with Gasteiger partial charge in [0.1, 0.15) is 0 Å². The van der Waals surface area contributed by atoms with Crippen LogP contribution in [-0.2, 0) is 0 Å². The van der Waals surface area contributed by atoms with E-state index < -0.39 is 17.7 Å². The molecule has 0 radical (unpaired) electrons. The second-order valence-electron chi connectivity index (χ2n) is 4.10. The molecule has 94 valence electrons. The molecule has 1 aromatic heterocycles. The monoisotopic (exact) mass is 248 g/mol. The van der Waals surface area contributed by atoms with Crippen LogP contribution in [0.2, 0.25) is 0 Å². The molecule has 0 saturated carbocycles. The van der Waals surface area contributed by atoms with E-state index in [4.69, 9.17) is 0 Å². The number of hydrogen-bond donors (Lipinski definition) is 1. The molecule has 4 heteroatoms. The van der Waals surface area contributed by atoms with Crippen molar-refractivity contribution in [2.24, 2.45) is 0 Å². The van der Waals surface area contributed by atoms with Crippen molar-refractivity contribution in [3.8, 4) is 0 Å². The van der Waals surface area contributed by atoms with Crippen molar-refractivity contribution in [1.29, 1.82) is 0 Å². The average Bonchev–Trinajstić information content (AvgIpc) is 2.37. The summed E-state index contributed by atoms with van der Waals surface area (Å²) in [5.41, 5.74) is 2.10. The second-order valence-corrected chi connectivity index (χ2v) is 4.10. The van der Waals surface area contributed by atoms with Gasteiger partial charge in [0.15, 0.2) is 11.6 Å². The summed E-state index contributed by atoms with van der Waals surface area (Å²) >= 11 is 0. The van der Waals surface area contributed by atoms with Crippen molar-refractivity contribution in [2.75, 3.05) is 7.05 Å². The molecule has 1 unspecified atom stereocenters. The predicted octanol–water partition coefficient (Wildman–Crippen LogP) is 2.98. The molecule has 0 bridgehead atoms. The first kappa shape index (κ1) is 12.6. The first-order valence-electron chi connectivity index (χ1n) is 5.67. The molecule has 1 N–H and O–H groups in total. The summed E-state index contributed by atoms with van der Waals surface area (Å²) in [6.45, 7) is 1.92. The number of hydrogen-bond acceptors (Lipinski definition) is 2. The van der Waals surface area contributed by atoms with Crippen molar-refractivity contribution in [3.63, 3.8) is 0 Å². The van der Waals surface area contributed by atoms with Crippen molar-refractivity contribution >= 4 is 0 Å². The highest BCUT2D eigenvalue weighted by atomic mass is 19.2. The van der Waals surface area contributed by atoms with Gasteiger partial charge >= 0.3 is 0 Å². The number of rotatable bonds is 3. The Morgan fingerprint density at radius 2 is 1.94 bits per heavy atom. The molecule has 1 atom stereocenters. The molecule has 18 heavy (non-hydrogen) atoms. The number of nitrogens with zero attached hydrogens (tertiary/aromatic N) is 1. The Labute approximate surface area is 105 Å². The lowest BCUT2D eigenvalue weighted by Gasteiger charge is -2.19. The minimum Gasteiger partial charge on any atom is -0.309 e. The van der Waals surface area contributed by atoms with Gasteiger partial charge in [-0.25, -0.2) is 8.78 Å². The molecular weight excluding hydrogens is 234 g/mol. The number of aromatic nitrogens is 1. The third-order valence-corrected chi connectivity index (χ3v) is 2.97. The van der Waals surface area contributed by atoms with Crippen LogP contribution >= 0.6 is 0 Å². The fraction of sp³-hybridized carbons (Fsp3) is 0.214. The van der Waals surface area contributed by atoms with Crippen LogP contribution in [0.4, 0.5) is 8.78 Å². The van der Waals surface area contributed by atoms with Crippen LogP contribution < -0.4 is 5.32 Å². The summed E-state index contributed by atoms with van der Waals surface area (Å²) in [4.78, 5) is 4.04. The zero-order chi connectivity index (χ0) is 13.1. The molecule has 0 spiro atoms. The van der Waals surface area contributed by atoms with Crippen molar-refractivity contribution in [3.05, 3.63) is 65.0 Å². The standard InChI is InChI=1S/C14H14F2N2/c1-9-6-7-18-8-11(9)14(17-2)10-4-3-5-12(15)13(10)16/h3-8,14,17H,1-2H3. The number of nitrogens with one attached hydrogen (secondary N) is 1. The fourth-order valence-corrected chi connectivity index (χ4v) is 2.00. The molecule has 0 aliphatic carbocycles. The van der Waals surface area contributed by atoms with Crippen LogP contribution in [0.1, 0.15) is 22.7 Å². The van der Waals surface area contributed by atoms with Gasteiger partial charge in [0.05, 0.1) is 6.04 Å². The second kappa shape index (κ2) is 5.23. The van der Waals surface area contributed by atoms with Gasteiger partial charge in [-0.15, -0.1) is 0 Å². The third kappa shape index (κ3) is 2.24. The predicted molar refractivity (Wildman–Crippen MR) is 66.2 cm³/mol. The van der Waals surface area contributed by atoms with Crippen LogP contribution in [0.3, 0.4) is 0 Å². The normalized spacial score (nSPS) is 12.4. The van der Waals surface area contributed by atoms with E-state index in [9.17, 15) is 8.78 Å². The van der Waals surface area contributed by atoms with Gasteiger partial charge in [-0.1, -0.05) is 12.1 Å². The molecule has 2 nitrogen and oxygen atoms in total. The maximum Gasteiger partial charge on any atom is 0.163 e. The van der Waals surface area contributed by atoms with Gasteiger partial charge in [0, 0.05) is 18.0 Å². The smallest absolute Gasteiger partial charge is 0.163 e. The highest BCUT2D eigenvalue weighted by Crippen LogP contribution is 2.26. The minimum absolute atomic E-state index is 0.286. The van der Waals surface area contributed by atoms with E-state index in [1.54, 1.807) is 25.5 Å². The molecule has 0 amide bonds. The number of aryl methyl sites for hydroxylation is 1. The van der Waals surface area contributed by atoms with Crippen molar-refractivity contribution < 1.29 is 8.78 Å². The van der Waals surface area contributed by atoms with Crippen LogP contribution in [0.15, 0.2) is 36.7 Å². The fourth-order valence-electron chi connectivity index (χ4n) is 2.00. The molecule has 0 aliphatic heterocycles. The largest absolute Gasteiger partial charge is 0.309 e. The lowest BCUT2D eigenvalue weighted by atomic mass is 9.96. The summed E-state index contributed by atoms with van der Waals surface area (Å²) in [7, 11) is 1.71. The van der Waals surface area contributed by atoms with Crippen LogP contribution in [0, 0.1) is 18.6 Å². The number of benzene rings is 1. The Hall–Kier alpha value is -1.81. The summed E-state index contributed by atoms with van der Waals surface area (Å²) in [5.74, 6) is -1.66. The Morgan fingerprint density at radius 1 is 1.17 bits per heavy atom. The Kier molecular flexibility index (Phi) is 3.67. The summed E-state index contributed by atoms with van der Waals surface area (Å²) in [6, 6.07) is 5.63. The quantitative estimate of drug-likeness (QED) is 0.903. The van der Waals surface area contributed by atoms with E-state index in [1.807, 2.05) is 13.0 Å². The molecule has 0 saturated heterocycles. The Balaban J connectivity index is 2.53. The van der Waals surface area contributed by atoms with E-state index >= 15 is 0 Å². The average molecular weight is 248 g/mol. The topological polar surface area (TPSA) is 24.9 Å². The molecule has 1 aromatic carbocycles. The first-order chi connectivity index (χ1) is 8.65. The van der Waals surface area contributed by atoms with Crippen molar-refractivity contribution in [1.82, 2.24) is 10.3 Å². The summed E-state index contributed by atoms with van der Waals surface area (Å²) < 4.78 is 27.1. The van der Waals surface area contributed by atoms with Gasteiger partial charge in [0.2, 0.25) is 0 Å². The van der Waals surface area contributed by atoms with Crippen LogP contribution in [0.5, 0.6) is 0 Å². The highest BCUT2D eigenvalue weighted by molar-refractivity contribution is 5.35. The lowest BCUT2D eigenvalue weighted by Crippen LogP contribution is -2.20. The molecule has 0 fully saturated rings. The minimum atomic E-state index is -0.839. The van der Waals surface area contributed by atoms with E-state index in [1.165, 1.54) is 6.07 Å². The summed E-state index contributed by atoms with van der Waals surface area (Å²) in [6.07, 6.45) is 3.34. The zero-order valence-electron chi connectivity index (χ0n) is 10.2. The SMILES string of the molecule is CNC(c1cnccc1C)c1cccc(F)c1F. The lowest BCUT2D eigenvalue weighted by molar-refractivity contribution is 0.487. The van der Waals surface area contributed by atoms with E-state index in [0.29, 0.717) is 0 Å². The Bertz CT molecular complexity index is 555. The van der Waals surface area contributed by atoms with Gasteiger partial charge in [-0.2, -0.15) is 0 Å². The van der Waals surface area contributed by atoms with Gasteiger partial charge in [-0.05, 0) is 37.2 Å². The maximum absolute atomic E-state index is 13.8. The molecule has 2 rings (SSSR count). The Morgan fingerprint density at radius 3 is 2.61 bits per heavy atom. The van der Waals surface area contributed by atoms with Gasteiger partial charge < -0.3 is 5.32 Å².